The second kappa shape index (κ2) is 10.0. The summed E-state index contributed by atoms with van der Waals surface area (Å²) in [5.74, 6) is -1.86. The minimum atomic E-state index is -1.18. The van der Waals surface area contributed by atoms with Gasteiger partial charge < -0.3 is 25.2 Å². The highest BCUT2D eigenvalue weighted by Gasteiger charge is 2.37. The van der Waals surface area contributed by atoms with E-state index in [-0.39, 0.29) is 31.6 Å². The Morgan fingerprint density at radius 3 is 2.15 bits per heavy atom. The van der Waals surface area contributed by atoms with E-state index < -0.39 is 30.6 Å². The fraction of sp³-hybridized carbons (Fsp3) is 0.400. The fourth-order valence-corrected chi connectivity index (χ4v) is 4.67. The molecule has 3 N–H and O–H groups in total. The minimum Gasteiger partial charge on any atom is -0.480 e. The van der Waals surface area contributed by atoms with Crippen molar-refractivity contribution < 1.29 is 29.3 Å². The Hall–Kier alpha value is -3.39. The number of aliphatic carboxylic acids is 1. The first-order valence-corrected chi connectivity index (χ1v) is 11.2. The van der Waals surface area contributed by atoms with E-state index in [1.54, 1.807) is 0 Å². The highest BCUT2D eigenvalue weighted by Crippen LogP contribution is 2.44. The highest BCUT2D eigenvalue weighted by atomic mass is 16.5. The number of carboxylic acid groups (broad SMARTS) is 1. The van der Waals surface area contributed by atoms with Crippen LogP contribution in [-0.2, 0) is 14.3 Å². The number of amides is 2. The predicted molar refractivity (Wildman–Crippen MR) is 121 cm³/mol. The lowest BCUT2D eigenvalue weighted by molar-refractivity contribution is -0.146. The molecule has 2 aromatic carbocycles. The molecule has 174 valence electrons. The highest BCUT2D eigenvalue weighted by molar-refractivity contribution is 5.88. The van der Waals surface area contributed by atoms with Gasteiger partial charge in [-0.3, -0.25) is 9.59 Å². The van der Waals surface area contributed by atoms with Gasteiger partial charge in [-0.2, -0.15) is 0 Å². The zero-order chi connectivity index (χ0) is 23.4. The largest absolute Gasteiger partial charge is 0.480 e. The van der Waals surface area contributed by atoms with E-state index in [2.05, 4.69) is 17.4 Å². The molecule has 1 fully saturated rings. The Morgan fingerprint density at radius 2 is 1.64 bits per heavy atom. The van der Waals surface area contributed by atoms with Crippen molar-refractivity contribution in [1.29, 1.82) is 0 Å². The van der Waals surface area contributed by atoms with Crippen LogP contribution in [0.1, 0.15) is 36.3 Å². The van der Waals surface area contributed by atoms with Crippen molar-refractivity contribution in [3.8, 4) is 11.1 Å². The molecule has 4 rings (SSSR count). The van der Waals surface area contributed by atoms with Crippen LogP contribution in [-0.4, -0.2) is 65.4 Å². The van der Waals surface area contributed by atoms with Gasteiger partial charge in [0.05, 0.1) is 6.61 Å². The van der Waals surface area contributed by atoms with E-state index in [1.807, 2.05) is 36.4 Å². The number of fused-ring (bicyclic) bond motifs is 3. The molecule has 0 spiro atoms. The second-order valence-electron chi connectivity index (χ2n) is 8.52. The van der Waals surface area contributed by atoms with Crippen LogP contribution in [0.5, 0.6) is 0 Å². The molecule has 8 heteroatoms. The first kappa shape index (κ1) is 22.8. The van der Waals surface area contributed by atoms with E-state index >= 15 is 0 Å². The molecule has 0 heterocycles. The van der Waals surface area contributed by atoms with Crippen molar-refractivity contribution in [1.82, 2.24) is 10.2 Å². The number of carbonyl (C=O) groups is 3. The summed E-state index contributed by atoms with van der Waals surface area (Å²) in [6, 6.07) is 15.2. The SMILES string of the molecule is O=C(O)CN(CCO)C(=O)C(NC(=O)OCC1c2ccccc2-c2ccccc21)C1CCC1. The number of hydrogen-bond acceptors (Lipinski definition) is 5. The lowest BCUT2D eigenvalue weighted by Crippen LogP contribution is -2.55. The zero-order valence-electron chi connectivity index (χ0n) is 18.3. The number of hydrogen-bond donors (Lipinski definition) is 3. The van der Waals surface area contributed by atoms with Gasteiger partial charge in [-0.1, -0.05) is 55.0 Å². The van der Waals surface area contributed by atoms with Crippen LogP contribution in [0.4, 0.5) is 4.79 Å². The van der Waals surface area contributed by atoms with E-state index in [9.17, 15) is 19.5 Å². The number of ether oxygens (including phenoxy) is 1. The summed E-state index contributed by atoms with van der Waals surface area (Å²) in [5.41, 5.74) is 4.43. The first-order valence-electron chi connectivity index (χ1n) is 11.2. The van der Waals surface area contributed by atoms with E-state index in [0.717, 1.165) is 46.4 Å². The van der Waals surface area contributed by atoms with Gasteiger partial charge in [-0.25, -0.2) is 4.79 Å². The second-order valence-corrected chi connectivity index (χ2v) is 8.52. The van der Waals surface area contributed by atoms with Gasteiger partial charge in [0.2, 0.25) is 5.91 Å². The quantitative estimate of drug-likeness (QED) is 0.539. The molecule has 2 aliphatic carbocycles. The number of aliphatic hydroxyl groups is 1. The number of carbonyl (C=O) groups excluding carboxylic acids is 2. The average Bonchev–Trinajstić information content (AvgIpc) is 3.09. The number of nitrogens with one attached hydrogen (secondary N) is 1. The molecule has 0 aromatic heterocycles. The van der Waals surface area contributed by atoms with E-state index in [0.29, 0.717) is 0 Å². The fourth-order valence-electron chi connectivity index (χ4n) is 4.67. The van der Waals surface area contributed by atoms with Crippen molar-refractivity contribution in [2.45, 2.75) is 31.2 Å². The Morgan fingerprint density at radius 1 is 1.03 bits per heavy atom. The lowest BCUT2D eigenvalue weighted by Gasteiger charge is -2.35. The molecule has 1 unspecified atom stereocenters. The smallest absolute Gasteiger partial charge is 0.407 e. The van der Waals surface area contributed by atoms with Crippen LogP contribution in [0.3, 0.4) is 0 Å². The molecular formula is C25H28N2O6. The molecule has 2 amide bonds. The molecule has 1 atom stereocenters. The van der Waals surface area contributed by atoms with Gasteiger partial charge in [-0.15, -0.1) is 0 Å². The minimum absolute atomic E-state index is 0.0760. The molecule has 8 nitrogen and oxygen atoms in total. The van der Waals surface area contributed by atoms with Crippen LogP contribution in [0, 0.1) is 5.92 Å². The molecule has 0 bridgehead atoms. The van der Waals surface area contributed by atoms with Gasteiger partial charge >= 0.3 is 12.1 Å². The summed E-state index contributed by atoms with van der Waals surface area (Å²) in [5, 5.41) is 21.0. The first-order chi connectivity index (χ1) is 16.0. The molecule has 33 heavy (non-hydrogen) atoms. The topological polar surface area (TPSA) is 116 Å². The summed E-state index contributed by atoms with van der Waals surface area (Å²) in [7, 11) is 0. The molecule has 0 saturated heterocycles. The van der Waals surface area contributed by atoms with Crippen LogP contribution in [0.25, 0.3) is 11.1 Å². The number of aliphatic hydroxyl groups excluding tert-OH is 1. The van der Waals surface area contributed by atoms with Crippen molar-refractivity contribution in [2.75, 3.05) is 26.3 Å². The van der Waals surface area contributed by atoms with E-state index in [1.165, 1.54) is 0 Å². The summed E-state index contributed by atoms with van der Waals surface area (Å²) in [6.07, 6.45) is 1.77. The van der Waals surface area contributed by atoms with Gasteiger partial charge in [-0.05, 0) is 41.0 Å². The van der Waals surface area contributed by atoms with Crippen molar-refractivity contribution in [3.05, 3.63) is 59.7 Å². The maximum atomic E-state index is 13.0. The van der Waals surface area contributed by atoms with Gasteiger partial charge in [0.15, 0.2) is 0 Å². The summed E-state index contributed by atoms with van der Waals surface area (Å²) in [4.78, 5) is 37.9. The lowest BCUT2D eigenvalue weighted by atomic mass is 9.79. The Bertz CT molecular complexity index is 990. The maximum absolute atomic E-state index is 13.0. The molecular weight excluding hydrogens is 424 g/mol. The standard InChI is InChI=1S/C25H28N2O6/c28-13-12-27(14-22(29)30)24(31)23(16-6-5-7-16)26-25(32)33-15-21-19-10-3-1-8-17(19)18-9-2-4-11-20(18)21/h1-4,8-11,16,21,23,28H,5-7,12-15H2,(H,26,32)(H,29,30). The molecule has 2 aliphatic rings. The van der Waals surface area contributed by atoms with Crippen LogP contribution < -0.4 is 5.32 Å². The number of alkyl carbamates (subject to hydrolysis) is 1. The molecule has 0 radical (unpaired) electrons. The van der Waals surface area contributed by atoms with Gasteiger partial charge in [0, 0.05) is 12.5 Å². The predicted octanol–water partition coefficient (Wildman–Crippen LogP) is 2.60. The van der Waals surface area contributed by atoms with Crippen LogP contribution >= 0.6 is 0 Å². The Labute approximate surface area is 192 Å². The third-order valence-electron chi connectivity index (χ3n) is 6.51. The average molecular weight is 453 g/mol. The summed E-state index contributed by atoms with van der Waals surface area (Å²) >= 11 is 0. The van der Waals surface area contributed by atoms with Crippen molar-refractivity contribution in [3.63, 3.8) is 0 Å². The van der Waals surface area contributed by atoms with E-state index in [4.69, 9.17) is 9.84 Å². The van der Waals surface area contributed by atoms with Gasteiger partial charge in [0.25, 0.3) is 0 Å². The zero-order valence-corrected chi connectivity index (χ0v) is 18.3. The maximum Gasteiger partial charge on any atom is 0.407 e. The number of nitrogens with zero attached hydrogens (tertiary/aromatic N) is 1. The third kappa shape index (κ3) is 4.85. The van der Waals surface area contributed by atoms with Crippen molar-refractivity contribution in [2.24, 2.45) is 5.92 Å². The summed E-state index contributed by atoms with van der Waals surface area (Å²) < 4.78 is 5.57. The molecule has 2 aromatic rings. The number of rotatable bonds is 9. The Kier molecular flexibility index (Phi) is 6.93. The molecule has 0 aliphatic heterocycles. The third-order valence-corrected chi connectivity index (χ3v) is 6.51. The van der Waals surface area contributed by atoms with Gasteiger partial charge in [0.1, 0.15) is 19.2 Å². The Balaban J connectivity index is 1.44. The normalized spacial score (nSPS) is 15.7. The summed E-state index contributed by atoms with van der Waals surface area (Å²) in [6.45, 7) is -0.877. The number of benzene rings is 2. The molecule has 1 saturated carbocycles. The van der Waals surface area contributed by atoms with Crippen LogP contribution in [0.15, 0.2) is 48.5 Å². The number of carboxylic acids is 1. The monoisotopic (exact) mass is 452 g/mol. The van der Waals surface area contributed by atoms with Crippen molar-refractivity contribution >= 4 is 18.0 Å². The van der Waals surface area contributed by atoms with Crippen LogP contribution in [0.2, 0.25) is 0 Å².